The van der Waals surface area contributed by atoms with E-state index in [9.17, 15) is 0 Å². The van der Waals surface area contributed by atoms with Crippen LogP contribution in [0.2, 0.25) is 0 Å². The highest BCUT2D eigenvalue weighted by atomic mass is 16.5. The number of ether oxygens (including phenoxy) is 1. The molecule has 0 spiro atoms. The van der Waals surface area contributed by atoms with E-state index in [1.165, 1.54) is 0 Å². The zero-order valence-corrected chi connectivity index (χ0v) is 10.5. The van der Waals surface area contributed by atoms with Crippen LogP contribution >= 0.6 is 0 Å². The van der Waals surface area contributed by atoms with Gasteiger partial charge in [-0.1, -0.05) is 0 Å². The molecule has 1 atom stereocenters. The van der Waals surface area contributed by atoms with E-state index in [2.05, 4.69) is 11.1 Å². The minimum absolute atomic E-state index is 0.102. The van der Waals surface area contributed by atoms with Gasteiger partial charge in [0.15, 0.2) is 0 Å². The Hall–Kier alpha value is -1.96. The van der Waals surface area contributed by atoms with Crippen LogP contribution in [0, 0.1) is 11.3 Å². The topological polar surface area (TPSA) is 75.2 Å². The van der Waals surface area contributed by atoms with E-state index in [0.29, 0.717) is 24.6 Å². The van der Waals surface area contributed by atoms with Crippen LogP contribution in [0.5, 0.6) is 5.88 Å². The minimum Gasteiger partial charge on any atom is -0.476 e. The number of rotatable bonds is 5. The molecule has 5 nitrogen and oxygen atoms in total. The zero-order valence-electron chi connectivity index (χ0n) is 10.5. The SMILES string of the molecule is CCOc1nc(N(C)C(C)CC#N)ccc1N. The van der Waals surface area contributed by atoms with Crippen molar-refractivity contribution >= 4 is 11.5 Å². The van der Waals surface area contributed by atoms with Crippen molar-refractivity contribution in [3.8, 4) is 11.9 Å². The summed E-state index contributed by atoms with van der Waals surface area (Å²) in [7, 11) is 1.90. The monoisotopic (exact) mass is 234 g/mol. The number of nitrogen functional groups attached to an aromatic ring is 1. The fourth-order valence-corrected chi connectivity index (χ4v) is 1.39. The fraction of sp³-hybridized carbons (Fsp3) is 0.500. The molecule has 0 aliphatic rings. The number of hydrogen-bond acceptors (Lipinski definition) is 5. The average Bonchev–Trinajstić information content (AvgIpc) is 2.31. The first kappa shape index (κ1) is 13.1. The van der Waals surface area contributed by atoms with Gasteiger partial charge in [-0.25, -0.2) is 0 Å². The van der Waals surface area contributed by atoms with E-state index >= 15 is 0 Å². The number of nitrogens with two attached hydrogens (primary N) is 1. The number of nitriles is 1. The summed E-state index contributed by atoms with van der Waals surface area (Å²) < 4.78 is 5.34. The number of pyridine rings is 1. The lowest BCUT2D eigenvalue weighted by molar-refractivity contribution is 0.329. The average molecular weight is 234 g/mol. The Morgan fingerprint density at radius 1 is 1.59 bits per heavy atom. The number of aromatic nitrogens is 1. The number of anilines is 2. The molecule has 0 amide bonds. The number of nitrogens with zero attached hydrogens (tertiary/aromatic N) is 3. The maximum absolute atomic E-state index is 8.67. The molecule has 0 aromatic carbocycles. The van der Waals surface area contributed by atoms with Crippen LogP contribution in [0.1, 0.15) is 20.3 Å². The van der Waals surface area contributed by atoms with Crippen LogP contribution in [0.4, 0.5) is 11.5 Å². The maximum atomic E-state index is 8.67. The van der Waals surface area contributed by atoms with Crippen molar-refractivity contribution in [3.63, 3.8) is 0 Å². The van der Waals surface area contributed by atoms with Crippen molar-refractivity contribution in [2.75, 3.05) is 24.3 Å². The zero-order chi connectivity index (χ0) is 12.8. The highest BCUT2D eigenvalue weighted by molar-refractivity contribution is 5.54. The van der Waals surface area contributed by atoms with Gasteiger partial charge in [0, 0.05) is 13.1 Å². The molecule has 0 saturated heterocycles. The first-order valence-corrected chi connectivity index (χ1v) is 5.59. The summed E-state index contributed by atoms with van der Waals surface area (Å²) >= 11 is 0. The predicted molar refractivity (Wildman–Crippen MR) is 67.9 cm³/mol. The summed E-state index contributed by atoms with van der Waals surface area (Å²) in [4.78, 5) is 6.27. The van der Waals surface area contributed by atoms with Gasteiger partial charge >= 0.3 is 0 Å². The Morgan fingerprint density at radius 3 is 2.88 bits per heavy atom. The van der Waals surface area contributed by atoms with Crippen LogP contribution in [0.25, 0.3) is 0 Å². The summed E-state index contributed by atoms with van der Waals surface area (Å²) in [5.41, 5.74) is 6.28. The molecule has 0 fully saturated rings. The second-order valence-electron chi connectivity index (χ2n) is 3.82. The van der Waals surface area contributed by atoms with Crippen molar-refractivity contribution < 1.29 is 4.74 Å². The Morgan fingerprint density at radius 2 is 2.29 bits per heavy atom. The largest absolute Gasteiger partial charge is 0.476 e. The summed E-state index contributed by atoms with van der Waals surface area (Å²) in [6.45, 7) is 4.38. The van der Waals surface area contributed by atoms with Crippen molar-refractivity contribution in [1.82, 2.24) is 4.98 Å². The lowest BCUT2D eigenvalue weighted by Crippen LogP contribution is -2.29. The second kappa shape index (κ2) is 5.94. The number of hydrogen-bond donors (Lipinski definition) is 1. The van der Waals surface area contributed by atoms with Gasteiger partial charge in [0.1, 0.15) is 5.82 Å². The molecule has 0 bridgehead atoms. The van der Waals surface area contributed by atoms with Crippen molar-refractivity contribution in [3.05, 3.63) is 12.1 Å². The first-order valence-electron chi connectivity index (χ1n) is 5.59. The third kappa shape index (κ3) is 3.25. The van der Waals surface area contributed by atoms with Crippen molar-refractivity contribution in [2.45, 2.75) is 26.3 Å². The van der Waals surface area contributed by atoms with Gasteiger partial charge < -0.3 is 15.4 Å². The predicted octanol–water partition coefficient (Wildman–Crippen LogP) is 1.80. The quantitative estimate of drug-likeness (QED) is 0.840. The lowest BCUT2D eigenvalue weighted by Gasteiger charge is -2.24. The van der Waals surface area contributed by atoms with E-state index < -0.39 is 0 Å². The molecule has 0 saturated carbocycles. The van der Waals surface area contributed by atoms with E-state index in [4.69, 9.17) is 15.7 Å². The standard InChI is InChI=1S/C12H18N4O/c1-4-17-12-10(14)5-6-11(15-12)16(3)9(2)7-8-13/h5-6,9H,4,7,14H2,1-3H3. The van der Waals surface area contributed by atoms with Gasteiger partial charge in [-0.2, -0.15) is 10.2 Å². The second-order valence-corrected chi connectivity index (χ2v) is 3.82. The fourth-order valence-electron chi connectivity index (χ4n) is 1.39. The third-order valence-corrected chi connectivity index (χ3v) is 2.57. The van der Waals surface area contributed by atoms with Gasteiger partial charge in [0.05, 0.1) is 24.8 Å². The molecular formula is C12H18N4O. The van der Waals surface area contributed by atoms with Crippen molar-refractivity contribution in [1.29, 1.82) is 5.26 Å². The molecule has 5 heteroatoms. The summed E-state index contributed by atoms with van der Waals surface area (Å²) in [6, 6.07) is 5.84. The molecule has 0 radical (unpaired) electrons. The smallest absolute Gasteiger partial charge is 0.239 e. The molecule has 1 heterocycles. The molecule has 17 heavy (non-hydrogen) atoms. The molecule has 0 aliphatic heterocycles. The maximum Gasteiger partial charge on any atom is 0.239 e. The Labute approximate surface area is 102 Å². The van der Waals surface area contributed by atoms with Crippen LogP contribution in [-0.2, 0) is 0 Å². The molecule has 1 aromatic heterocycles. The highest BCUT2D eigenvalue weighted by Crippen LogP contribution is 2.23. The lowest BCUT2D eigenvalue weighted by atomic mass is 10.2. The Balaban J connectivity index is 2.91. The summed E-state index contributed by atoms with van der Waals surface area (Å²) in [6.07, 6.45) is 0.451. The molecule has 1 aromatic rings. The van der Waals surface area contributed by atoms with Gasteiger partial charge in [0.25, 0.3) is 0 Å². The van der Waals surface area contributed by atoms with E-state index in [1.807, 2.05) is 31.9 Å². The molecule has 2 N–H and O–H groups in total. The normalized spacial score (nSPS) is 11.6. The molecule has 0 aliphatic carbocycles. The van der Waals surface area contributed by atoms with Gasteiger partial charge in [-0.15, -0.1) is 0 Å². The third-order valence-electron chi connectivity index (χ3n) is 2.57. The molecule has 1 rings (SSSR count). The Bertz CT molecular complexity index is 413. The van der Waals surface area contributed by atoms with Crippen LogP contribution in [0.15, 0.2) is 12.1 Å². The van der Waals surface area contributed by atoms with Crippen LogP contribution in [-0.4, -0.2) is 24.7 Å². The van der Waals surface area contributed by atoms with E-state index in [1.54, 1.807) is 6.07 Å². The molecule has 92 valence electrons. The van der Waals surface area contributed by atoms with Crippen molar-refractivity contribution in [2.24, 2.45) is 0 Å². The van der Waals surface area contributed by atoms with Gasteiger partial charge in [0.2, 0.25) is 5.88 Å². The van der Waals surface area contributed by atoms with E-state index in [-0.39, 0.29) is 6.04 Å². The first-order chi connectivity index (χ1) is 8.10. The minimum atomic E-state index is 0.102. The van der Waals surface area contributed by atoms with Crippen LogP contribution in [0.3, 0.4) is 0 Å². The highest BCUT2D eigenvalue weighted by Gasteiger charge is 2.12. The summed E-state index contributed by atoms with van der Waals surface area (Å²) in [5.74, 6) is 1.20. The molecular weight excluding hydrogens is 216 g/mol. The summed E-state index contributed by atoms with van der Waals surface area (Å²) in [5, 5.41) is 8.67. The van der Waals surface area contributed by atoms with Gasteiger partial charge in [-0.3, -0.25) is 0 Å². The molecule has 1 unspecified atom stereocenters. The van der Waals surface area contributed by atoms with E-state index in [0.717, 1.165) is 5.82 Å². The Kier molecular flexibility index (Phi) is 4.58. The van der Waals surface area contributed by atoms with Crippen LogP contribution < -0.4 is 15.4 Å². The van der Waals surface area contributed by atoms with Gasteiger partial charge in [-0.05, 0) is 26.0 Å².